The predicted octanol–water partition coefficient (Wildman–Crippen LogP) is 3.11. The van der Waals surface area contributed by atoms with Crippen molar-refractivity contribution in [3.63, 3.8) is 0 Å². The lowest BCUT2D eigenvalue weighted by Gasteiger charge is -2.21. The smallest absolute Gasteiger partial charge is 0.207 e. The molecule has 1 aromatic rings. The topological polar surface area (TPSA) is 37.4 Å². The van der Waals surface area contributed by atoms with Gasteiger partial charge in [-0.05, 0) is 56.2 Å². The van der Waals surface area contributed by atoms with Crippen molar-refractivity contribution in [3.05, 3.63) is 29.3 Å². The summed E-state index contributed by atoms with van der Waals surface area (Å²) in [7, 11) is -3.33. The maximum atomic E-state index is 12.7. The molecule has 1 fully saturated rings. The molecular formula is C15H23NO2S. The van der Waals surface area contributed by atoms with Crippen molar-refractivity contribution < 1.29 is 8.42 Å². The van der Waals surface area contributed by atoms with Crippen molar-refractivity contribution in [3.8, 4) is 0 Å². The summed E-state index contributed by atoms with van der Waals surface area (Å²) in [5, 5.41) is 0. The Morgan fingerprint density at radius 2 is 1.89 bits per heavy atom. The third-order valence-corrected chi connectivity index (χ3v) is 5.98. The van der Waals surface area contributed by atoms with Crippen molar-refractivity contribution >= 4 is 10.0 Å². The second kappa shape index (κ2) is 5.63. The van der Waals surface area contributed by atoms with Gasteiger partial charge >= 0.3 is 0 Å². The fourth-order valence-corrected chi connectivity index (χ4v) is 4.40. The third kappa shape index (κ3) is 3.18. The van der Waals surface area contributed by atoms with Gasteiger partial charge in [0.25, 0.3) is 0 Å². The van der Waals surface area contributed by atoms with Crippen LogP contribution < -0.4 is 0 Å². The minimum absolute atomic E-state index is 0.474. The monoisotopic (exact) mass is 281 g/mol. The molecule has 1 aromatic carbocycles. The van der Waals surface area contributed by atoms with Crippen LogP contribution in [0.25, 0.3) is 0 Å². The molecule has 0 N–H and O–H groups in total. The minimum Gasteiger partial charge on any atom is -0.207 e. The van der Waals surface area contributed by atoms with E-state index in [1.165, 1.54) is 0 Å². The maximum absolute atomic E-state index is 12.7. The van der Waals surface area contributed by atoms with Crippen molar-refractivity contribution in [2.45, 2.75) is 44.9 Å². The van der Waals surface area contributed by atoms with Crippen LogP contribution in [0, 0.1) is 19.8 Å². The zero-order valence-electron chi connectivity index (χ0n) is 12.0. The van der Waals surface area contributed by atoms with Crippen LogP contribution in [0.1, 0.15) is 37.3 Å². The molecule has 0 spiro atoms. The summed E-state index contributed by atoms with van der Waals surface area (Å²) in [6, 6.07) is 5.64. The Balaban J connectivity index is 2.33. The molecule has 19 heavy (non-hydrogen) atoms. The normalized spacial score (nSPS) is 22.2. The second-order valence-corrected chi connectivity index (χ2v) is 7.62. The molecule has 0 aromatic heterocycles. The van der Waals surface area contributed by atoms with Crippen molar-refractivity contribution in [2.75, 3.05) is 13.1 Å². The largest absolute Gasteiger partial charge is 0.243 e. The van der Waals surface area contributed by atoms with E-state index < -0.39 is 10.0 Å². The molecule has 0 saturated carbocycles. The quantitative estimate of drug-likeness (QED) is 0.835. The van der Waals surface area contributed by atoms with Gasteiger partial charge in [-0.15, -0.1) is 0 Å². The van der Waals surface area contributed by atoms with Crippen LogP contribution in [0.5, 0.6) is 0 Å². The number of hydrogen-bond acceptors (Lipinski definition) is 2. The zero-order chi connectivity index (χ0) is 14.0. The molecule has 1 atom stereocenters. The molecule has 0 bridgehead atoms. The van der Waals surface area contributed by atoms with Gasteiger partial charge in [0, 0.05) is 13.1 Å². The summed E-state index contributed by atoms with van der Waals surface area (Å²) in [5.74, 6) is 0.624. The van der Waals surface area contributed by atoms with Crippen LogP contribution in [0.15, 0.2) is 23.1 Å². The van der Waals surface area contributed by atoms with E-state index in [0.717, 1.165) is 30.4 Å². The molecule has 106 valence electrons. The lowest BCUT2D eigenvalue weighted by molar-refractivity contribution is 0.416. The summed E-state index contributed by atoms with van der Waals surface area (Å²) in [6.07, 6.45) is 3.05. The van der Waals surface area contributed by atoms with Gasteiger partial charge in [0.05, 0.1) is 4.90 Å². The minimum atomic E-state index is -3.33. The van der Waals surface area contributed by atoms with Crippen LogP contribution in [-0.2, 0) is 10.0 Å². The van der Waals surface area contributed by atoms with Crippen LogP contribution in [0.2, 0.25) is 0 Å². The highest BCUT2D eigenvalue weighted by molar-refractivity contribution is 7.89. The Labute approximate surface area is 116 Å². The zero-order valence-corrected chi connectivity index (χ0v) is 12.8. The van der Waals surface area contributed by atoms with E-state index in [2.05, 4.69) is 6.92 Å². The number of rotatable bonds is 2. The second-order valence-electron chi connectivity index (χ2n) is 5.71. The Hall–Kier alpha value is -0.870. The first-order valence-electron chi connectivity index (χ1n) is 6.98. The number of sulfonamides is 1. The van der Waals surface area contributed by atoms with E-state index in [4.69, 9.17) is 0 Å². The van der Waals surface area contributed by atoms with Gasteiger partial charge in [-0.1, -0.05) is 19.1 Å². The summed E-state index contributed by atoms with van der Waals surface area (Å²) < 4.78 is 27.2. The number of benzene rings is 1. The van der Waals surface area contributed by atoms with E-state index >= 15 is 0 Å². The van der Waals surface area contributed by atoms with Gasteiger partial charge in [-0.25, -0.2) is 8.42 Å². The first-order valence-corrected chi connectivity index (χ1v) is 8.42. The Morgan fingerprint density at radius 1 is 1.16 bits per heavy atom. The molecule has 4 heteroatoms. The highest BCUT2D eigenvalue weighted by atomic mass is 32.2. The highest BCUT2D eigenvalue weighted by Crippen LogP contribution is 2.25. The van der Waals surface area contributed by atoms with E-state index in [9.17, 15) is 8.42 Å². The van der Waals surface area contributed by atoms with Gasteiger partial charge in [-0.2, -0.15) is 4.31 Å². The molecule has 1 saturated heterocycles. The SMILES string of the molecule is Cc1ccc(C)c(S(=O)(=O)N2CCCC(C)CC2)c1. The van der Waals surface area contributed by atoms with Gasteiger partial charge in [0.1, 0.15) is 0 Å². The summed E-state index contributed by atoms with van der Waals surface area (Å²) in [5.41, 5.74) is 1.83. The first kappa shape index (κ1) is 14.5. The highest BCUT2D eigenvalue weighted by Gasteiger charge is 2.27. The van der Waals surface area contributed by atoms with Crippen LogP contribution in [0.3, 0.4) is 0 Å². The predicted molar refractivity (Wildman–Crippen MR) is 77.7 cm³/mol. The molecule has 2 rings (SSSR count). The van der Waals surface area contributed by atoms with E-state index in [0.29, 0.717) is 23.9 Å². The fraction of sp³-hybridized carbons (Fsp3) is 0.600. The molecule has 1 aliphatic heterocycles. The van der Waals surface area contributed by atoms with Gasteiger partial charge in [-0.3, -0.25) is 0 Å². The fourth-order valence-electron chi connectivity index (χ4n) is 2.60. The maximum Gasteiger partial charge on any atom is 0.243 e. The van der Waals surface area contributed by atoms with Gasteiger partial charge in [0.15, 0.2) is 0 Å². The van der Waals surface area contributed by atoms with E-state index in [1.807, 2.05) is 26.0 Å². The van der Waals surface area contributed by atoms with E-state index in [-0.39, 0.29) is 0 Å². The lowest BCUT2D eigenvalue weighted by atomic mass is 10.0. The van der Waals surface area contributed by atoms with Gasteiger partial charge in [0.2, 0.25) is 10.0 Å². The van der Waals surface area contributed by atoms with Crippen LogP contribution >= 0.6 is 0 Å². The molecule has 3 nitrogen and oxygen atoms in total. The Morgan fingerprint density at radius 3 is 2.63 bits per heavy atom. The third-order valence-electron chi connectivity index (χ3n) is 3.94. The lowest BCUT2D eigenvalue weighted by Crippen LogP contribution is -2.32. The average molecular weight is 281 g/mol. The van der Waals surface area contributed by atoms with Crippen LogP contribution in [-0.4, -0.2) is 25.8 Å². The first-order chi connectivity index (χ1) is 8.91. The summed E-state index contributed by atoms with van der Waals surface area (Å²) >= 11 is 0. The van der Waals surface area contributed by atoms with E-state index in [1.54, 1.807) is 10.4 Å². The Bertz CT molecular complexity index is 551. The molecule has 0 aliphatic carbocycles. The molecule has 1 unspecified atom stereocenters. The molecule has 1 aliphatic rings. The molecular weight excluding hydrogens is 258 g/mol. The molecule has 1 heterocycles. The standard InChI is InChI=1S/C15H23NO2S/c1-12-5-4-9-16(10-8-12)19(17,18)15-11-13(2)6-7-14(15)3/h6-7,11-12H,4-5,8-10H2,1-3H3. The number of aryl methyl sites for hydroxylation is 2. The number of nitrogens with zero attached hydrogens (tertiary/aromatic N) is 1. The Kier molecular flexibility index (Phi) is 4.31. The van der Waals surface area contributed by atoms with Gasteiger partial charge < -0.3 is 0 Å². The van der Waals surface area contributed by atoms with Crippen molar-refractivity contribution in [2.24, 2.45) is 5.92 Å². The molecule has 0 radical (unpaired) electrons. The van der Waals surface area contributed by atoms with Crippen LogP contribution in [0.4, 0.5) is 0 Å². The summed E-state index contributed by atoms with van der Waals surface area (Å²) in [4.78, 5) is 0.474. The molecule has 0 amide bonds. The average Bonchev–Trinajstić information content (AvgIpc) is 2.57. The number of hydrogen-bond donors (Lipinski definition) is 0. The van der Waals surface area contributed by atoms with Crippen molar-refractivity contribution in [1.82, 2.24) is 4.31 Å². The van der Waals surface area contributed by atoms with Crippen molar-refractivity contribution in [1.29, 1.82) is 0 Å². The summed E-state index contributed by atoms with van der Waals surface area (Å²) in [6.45, 7) is 7.31.